The third-order valence-electron chi connectivity index (χ3n) is 2.90. The van der Waals surface area contributed by atoms with Crippen LogP contribution in [0.1, 0.15) is 10.4 Å². The van der Waals surface area contributed by atoms with E-state index in [1.54, 1.807) is 18.2 Å². The van der Waals surface area contributed by atoms with Gasteiger partial charge in [-0.1, -0.05) is 29.3 Å². The van der Waals surface area contributed by atoms with Gasteiger partial charge in [0.2, 0.25) is 0 Å². The Kier molecular flexibility index (Phi) is 6.39. The first-order valence-electron chi connectivity index (χ1n) is 6.97. The van der Waals surface area contributed by atoms with Crippen molar-refractivity contribution in [2.24, 2.45) is 0 Å². The molecule has 0 aliphatic rings. The molecule has 0 aliphatic heterocycles. The van der Waals surface area contributed by atoms with Gasteiger partial charge >= 0.3 is 6.36 Å². The van der Waals surface area contributed by atoms with Gasteiger partial charge in [0.05, 0.1) is 22.2 Å². The quantitative estimate of drug-likeness (QED) is 0.723. The topological polar surface area (TPSA) is 47.6 Å². The van der Waals surface area contributed by atoms with Crippen LogP contribution in [-0.2, 0) is 0 Å². The first-order valence-corrected chi connectivity index (χ1v) is 7.72. The molecule has 0 atom stereocenters. The molecule has 0 unspecified atom stereocenters. The van der Waals surface area contributed by atoms with E-state index in [-0.39, 0.29) is 34.5 Å². The molecule has 4 nitrogen and oxygen atoms in total. The SMILES string of the molecule is O=C(NCCOc1ccc(OC(F)(F)F)cc1)c1c(Cl)cccc1Cl. The van der Waals surface area contributed by atoms with Gasteiger partial charge in [0, 0.05) is 0 Å². The van der Waals surface area contributed by atoms with Crippen molar-refractivity contribution in [2.45, 2.75) is 6.36 Å². The van der Waals surface area contributed by atoms with Crippen molar-refractivity contribution < 1.29 is 27.4 Å². The molecule has 0 bridgehead atoms. The van der Waals surface area contributed by atoms with Gasteiger partial charge in [0.15, 0.2) is 0 Å². The number of halogens is 5. The zero-order valence-electron chi connectivity index (χ0n) is 12.6. The van der Waals surface area contributed by atoms with Gasteiger partial charge in [-0.15, -0.1) is 13.2 Å². The highest BCUT2D eigenvalue weighted by molar-refractivity contribution is 6.39. The van der Waals surface area contributed by atoms with E-state index in [1.807, 2.05) is 0 Å². The molecule has 0 radical (unpaired) electrons. The number of ether oxygens (including phenoxy) is 2. The number of nitrogens with one attached hydrogen (secondary N) is 1. The molecule has 2 aromatic rings. The van der Waals surface area contributed by atoms with Crippen LogP contribution in [0.5, 0.6) is 11.5 Å². The second-order valence-electron chi connectivity index (χ2n) is 4.72. The minimum atomic E-state index is -4.74. The smallest absolute Gasteiger partial charge is 0.492 e. The van der Waals surface area contributed by atoms with Crippen molar-refractivity contribution in [2.75, 3.05) is 13.2 Å². The summed E-state index contributed by atoms with van der Waals surface area (Å²) in [6.07, 6.45) is -4.74. The Morgan fingerprint density at radius 1 is 1.00 bits per heavy atom. The van der Waals surface area contributed by atoms with Crippen LogP contribution in [0, 0.1) is 0 Å². The maximum absolute atomic E-state index is 12.1. The lowest BCUT2D eigenvalue weighted by Crippen LogP contribution is -2.28. The number of carbonyl (C=O) groups is 1. The van der Waals surface area contributed by atoms with Crippen LogP contribution in [0.15, 0.2) is 42.5 Å². The molecule has 1 amide bonds. The molecule has 2 aromatic carbocycles. The van der Waals surface area contributed by atoms with Gasteiger partial charge in [-0.3, -0.25) is 4.79 Å². The van der Waals surface area contributed by atoms with Crippen molar-refractivity contribution in [1.29, 1.82) is 0 Å². The summed E-state index contributed by atoms with van der Waals surface area (Å²) in [5, 5.41) is 3.04. The van der Waals surface area contributed by atoms with Crippen LogP contribution < -0.4 is 14.8 Å². The normalized spacial score (nSPS) is 11.1. The van der Waals surface area contributed by atoms with Crippen LogP contribution >= 0.6 is 23.2 Å². The van der Waals surface area contributed by atoms with Gasteiger partial charge in [-0.25, -0.2) is 0 Å². The average molecular weight is 394 g/mol. The number of rotatable bonds is 6. The molecule has 2 rings (SSSR count). The molecule has 1 N–H and O–H groups in total. The van der Waals surface area contributed by atoms with Gasteiger partial charge in [0.1, 0.15) is 18.1 Å². The van der Waals surface area contributed by atoms with E-state index in [2.05, 4.69) is 10.1 Å². The third kappa shape index (κ3) is 6.03. The minimum absolute atomic E-state index is 0.104. The van der Waals surface area contributed by atoms with Gasteiger partial charge in [-0.2, -0.15) is 0 Å². The summed E-state index contributed by atoms with van der Waals surface area (Å²) in [6.45, 7) is 0.258. The summed E-state index contributed by atoms with van der Waals surface area (Å²) < 4.78 is 45.2. The van der Waals surface area contributed by atoms with E-state index < -0.39 is 12.3 Å². The van der Waals surface area contributed by atoms with Crippen molar-refractivity contribution in [1.82, 2.24) is 5.32 Å². The van der Waals surface area contributed by atoms with E-state index in [4.69, 9.17) is 27.9 Å². The standard InChI is InChI=1S/C16H12Cl2F3NO3/c17-12-2-1-3-13(18)14(12)15(23)22-8-9-24-10-4-6-11(7-5-10)25-16(19,20)21/h1-7H,8-9H2,(H,22,23). The molecular weight excluding hydrogens is 382 g/mol. The third-order valence-corrected chi connectivity index (χ3v) is 3.53. The fraction of sp³-hybridized carbons (Fsp3) is 0.188. The summed E-state index contributed by atoms with van der Waals surface area (Å²) in [7, 11) is 0. The summed E-state index contributed by atoms with van der Waals surface area (Å²) in [5.74, 6) is -0.464. The van der Waals surface area contributed by atoms with Crippen LogP contribution in [0.25, 0.3) is 0 Å². The fourth-order valence-electron chi connectivity index (χ4n) is 1.87. The second kappa shape index (κ2) is 8.31. The Hall–Kier alpha value is -2.12. The number of hydrogen-bond donors (Lipinski definition) is 1. The van der Waals surface area contributed by atoms with Crippen molar-refractivity contribution in [3.63, 3.8) is 0 Å². The van der Waals surface area contributed by atoms with Crippen LogP contribution in [0.3, 0.4) is 0 Å². The Bertz CT molecular complexity index is 716. The van der Waals surface area contributed by atoms with Crippen LogP contribution in [0.2, 0.25) is 10.0 Å². The van der Waals surface area contributed by atoms with E-state index in [1.165, 1.54) is 12.1 Å². The Balaban J connectivity index is 1.80. The first-order chi connectivity index (χ1) is 11.8. The zero-order chi connectivity index (χ0) is 18.4. The van der Waals surface area contributed by atoms with E-state index in [0.29, 0.717) is 5.75 Å². The molecule has 134 valence electrons. The number of amides is 1. The maximum atomic E-state index is 12.1. The Morgan fingerprint density at radius 3 is 2.12 bits per heavy atom. The number of benzene rings is 2. The predicted octanol–water partition coefficient (Wildman–Crippen LogP) is 4.70. The average Bonchev–Trinajstić information content (AvgIpc) is 2.51. The van der Waals surface area contributed by atoms with Gasteiger partial charge in [-0.05, 0) is 36.4 Å². The highest BCUT2D eigenvalue weighted by Crippen LogP contribution is 2.25. The van der Waals surface area contributed by atoms with E-state index >= 15 is 0 Å². The zero-order valence-corrected chi connectivity index (χ0v) is 14.1. The Labute approximate surface area is 151 Å². The number of carbonyl (C=O) groups excluding carboxylic acids is 1. The molecule has 0 fully saturated rings. The molecular formula is C16H12Cl2F3NO3. The van der Waals surface area contributed by atoms with E-state index in [9.17, 15) is 18.0 Å². The molecule has 25 heavy (non-hydrogen) atoms. The van der Waals surface area contributed by atoms with Crippen LogP contribution in [0.4, 0.5) is 13.2 Å². The number of hydrogen-bond acceptors (Lipinski definition) is 3. The largest absolute Gasteiger partial charge is 0.573 e. The molecule has 0 aliphatic carbocycles. The molecule has 0 heterocycles. The summed E-state index contributed by atoms with van der Waals surface area (Å²) in [4.78, 5) is 12.0. The second-order valence-corrected chi connectivity index (χ2v) is 5.53. The lowest BCUT2D eigenvalue weighted by atomic mass is 10.2. The molecule has 0 spiro atoms. The summed E-state index contributed by atoms with van der Waals surface area (Å²) >= 11 is 11.9. The minimum Gasteiger partial charge on any atom is -0.492 e. The molecule has 0 saturated heterocycles. The van der Waals surface area contributed by atoms with Crippen molar-refractivity contribution >= 4 is 29.1 Å². The van der Waals surface area contributed by atoms with Gasteiger partial charge < -0.3 is 14.8 Å². The van der Waals surface area contributed by atoms with Crippen molar-refractivity contribution in [3.05, 3.63) is 58.1 Å². The van der Waals surface area contributed by atoms with E-state index in [0.717, 1.165) is 12.1 Å². The molecule has 0 saturated carbocycles. The fourth-order valence-corrected chi connectivity index (χ4v) is 2.44. The lowest BCUT2D eigenvalue weighted by molar-refractivity contribution is -0.274. The first kappa shape index (κ1) is 19.2. The molecule has 9 heteroatoms. The highest BCUT2D eigenvalue weighted by atomic mass is 35.5. The number of alkyl halides is 3. The van der Waals surface area contributed by atoms with Crippen LogP contribution in [-0.4, -0.2) is 25.4 Å². The van der Waals surface area contributed by atoms with Crippen molar-refractivity contribution in [3.8, 4) is 11.5 Å². The predicted molar refractivity (Wildman–Crippen MR) is 87.4 cm³/mol. The Morgan fingerprint density at radius 2 is 1.56 bits per heavy atom. The monoisotopic (exact) mass is 393 g/mol. The molecule has 0 aromatic heterocycles. The van der Waals surface area contributed by atoms with Gasteiger partial charge in [0.25, 0.3) is 5.91 Å². The summed E-state index contributed by atoms with van der Waals surface area (Å²) in [5.41, 5.74) is 0.166. The summed E-state index contributed by atoms with van der Waals surface area (Å²) in [6, 6.07) is 9.63. The lowest BCUT2D eigenvalue weighted by Gasteiger charge is -2.11. The maximum Gasteiger partial charge on any atom is 0.573 e. The highest BCUT2D eigenvalue weighted by Gasteiger charge is 2.30.